The van der Waals surface area contributed by atoms with E-state index in [0.717, 1.165) is 11.8 Å². The van der Waals surface area contributed by atoms with E-state index >= 15 is 0 Å². The number of hydrazine groups is 1. The van der Waals surface area contributed by atoms with Crippen LogP contribution in [0.4, 0.5) is 0 Å². The fraction of sp³-hybridized carbons (Fsp3) is 0.300. The van der Waals surface area contributed by atoms with Crippen LogP contribution in [0.3, 0.4) is 0 Å². The highest BCUT2D eigenvalue weighted by molar-refractivity contribution is 8.01. The summed E-state index contributed by atoms with van der Waals surface area (Å²) in [5, 5.41) is 4.97. The molecule has 5 N–H and O–H groups in total. The lowest BCUT2D eigenvalue weighted by atomic mass is 10.2. The molecule has 0 radical (unpaired) electrons. The summed E-state index contributed by atoms with van der Waals surface area (Å²) in [7, 11) is -3.89. The number of benzene rings is 1. The predicted molar refractivity (Wildman–Crippen MR) is 75.2 cm³/mol. The van der Waals surface area contributed by atoms with E-state index in [0.29, 0.717) is 15.5 Å². The summed E-state index contributed by atoms with van der Waals surface area (Å²) >= 11 is 6.98. The van der Waals surface area contributed by atoms with Crippen LogP contribution >= 0.6 is 23.4 Å². The number of hydrogen-bond acceptors (Lipinski definition) is 5. The molecule has 19 heavy (non-hydrogen) atoms. The van der Waals surface area contributed by atoms with Gasteiger partial charge in [-0.2, -0.15) is 0 Å². The second-order valence-corrected chi connectivity index (χ2v) is 7.18. The molecule has 0 fully saturated rings. The van der Waals surface area contributed by atoms with Gasteiger partial charge in [-0.05, 0) is 31.5 Å². The van der Waals surface area contributed by atoms with Gasteiger partial charge in [0.05, 0.1) is 10.1 Å². The van der Waals surface area contributed by atoms with Crippen molar-refractivity contribution in [3.05, 3.63) is 22.7 Å². The molecule has 1 unspecified atom stereocenters. The Morgan fingerprint density at radius 3 is 2.53 bits per heavy atom. The molecule has 1 rings (SSSR count). The maximum atomic E-state index is 11.5. The fourth-order valence-electron chi connectivity index (χ4n) is 1.31. The zero-order valence-corrected chi connectivity index (χ0v) is 12.7. The molecule has 6 nitrogen and oxygen atoms in total. The van der Waals surface area contributed by atoms with Gasteiger partial charge in [0.25, 0.3) is 0 Å². The van der Waals surface area contributed by atoms with Gasteiger partial charge < -0.3 is 0 Å². The van der Waals surface area contributed by atoms with Crippen molar-refractivity contribution in [2.24, 2.45) is 11.0 Å². The SMILES string of the molecule is Cc1cc(S(N)(=O)=O)c(SC(C)C(=O)NN)cc1Cl. The number of nitrogens with two attached hydrogens (primary N) is 2. The Balaban J connectivity index is 3.27. The lowest BCUT2D eigenvalue weighted by Crippen LogP contribution is -2.36. The summed E-state index contributed by atoms with van der Waals surface area (Å²) in [6.45, 7) is 3.26. The first-order valence-electron chi connectivity index (χ1n) is 5.17. The minimum atomic E-state index is -3.89. The van der Waals surface area contributed by atoms with E-state index in [1.54, 1.807) is 13.8 Å². The number of rotatable bonds is 4. The number of thioether (sulfide) groups is 1. The number of halogens is 1. The summed E-state index contributed by atoms with van der Waals surface area (Å²) in [6, 6.07) is 2.86. The second kappa shape index (κ2) is 6.10. The molecule has 1 aromatic rings. The van der Waals surface area contributed by atoms with Gasteiger partial charge in [0.15, 0.2) is 0 Å². The molecule has 9 heteroatoms. The molecule has 0 aliphatic carbocycles. The monoisotopic (exact) mass is 323 g/mol. The van der Waals surface area contributed by atoms with E-state index in [1.165, 1.54) is 12.1 Å². The molecular weight excluding hydrogens is 310 g/mol. The predicted octanol–water partition coefficient (Wildman–Crippen LogP) is 0.766. The number of primary sulfonamides is 1. The molecule has 0 saturated carbocycles. The Kier molecular flexibility index (Phi) is 5.22. The number of aryl methyl sites for hydroxylation is 1. The van der Waals surface area contributed by atoms with Crippen LogP contribution in [0.1, 0.15) is 12.5 Å². The molecule has 1 atom stereocenters. The summed E-state index contributed by atoms with van der Waals surface area (Å²) in [5.74, 6) is 4.59. The molecule has 0 aliphatic rings. The van der Waals surface area contributed by atoms with Crippen LogP contribution in [-0.4, -0.2) is 19.6 Å². The molecule has 106 valence electrons. The van der Waals surface area contributed by atoms with E-state index in [9.17, 15) is 13.2 Å². The first-order chi connectivity index (χ1) is 8.66. The maximum Gasteiger partial charge on any atom is 0.247 e. The van der Waals surface area contributed by atoms with E-state index in [-0.39, 0.29) is 4.90 Å². The van der Waals surface area contributed by atoms with Gasteiger partial charge in [0, 0.05) is 9.92 Å². The zero-order valence-electron chi connectivity index (χ0n) is 10.3. The standard InChI is InChI=1S/C10H14ClN3O3S2/c1-5-3-9(19(13,16)17)8(4-7(5)11)18-6(2)10(15)14-12/h3-4,6H,12H2,1-2H3,(H,14,15)(H2,13,16,17). The lowest BCUT2D eigenvalue weighted by molar-refractivity contribution is -0.120. The van der Waals surface area contributed by atoms with Crippen LogP contribution in [-0.2, 0) is 14.8 Å². The summed E-state index contributed by atoms with van der Waals surface area (Å²) in [4.78, 5) is 11.6. The van der Waals surface area contributed by atoms with E-state index in [4.69, 9.17) is 22.6 Å². The number of carbonyl (C=O) groups excluding carboxylic acids is 1. The van der Waals surface area contributed by atoms with Crippen molar-refractivity contribution in [3.63, 3.8) is 0 Å². The van der Waals surface area contributed by atoms with Gasteiger partial charge in [-0.3, -0.25) is 10.2 Å². The van der Waals surface area contributed by atoms with E-state index < -0.39 is 21.2 Å². The lowest BCUT2D eigenvalue weighted by Gasteiger charge is -2.13. The molecule has 1 aromatic carbocycles. The Bertz CT molecular complexity index is 604. The summed E-state index contributed by atoms with van der Waals surface area (Å²) < 4.78 is 23.1. The smallest absolute Gasteiger partial charge is 0.247 e. The van der Waals surface area contributed by atoms with Gasteiger partial charge in [-0.25, -0.2) is 19.4 Å². The third kappa shape index (κ3) is 4.08. The minimum absolute atomic E-state index is 0.0592. The molecular formula is C10H14ClN3O3S2. The Labute approximate surface area is 120 Å². The molecule has 0 spiro atoms. The molecule has 0 bridgehead atoms. The van der Waals surface area contributed by atoms with Crippen molar-refractivity contribution in [2.75, 3.05) is 0 Å². The Hall–Kier alpha value is -0.800. The minimum Gasteiger partial charge on any atom is -0.293 e. The normalized spacial score (nSPS) is 13.1. The molecule has 0 heterocycles. The maximum absolute atomic E-state index is 11.5. The first-order valence-corrected chi connectivity index (χ1v) is 7.97. The number of amides is 1. The molecule has 0 saturated heterocycles. The quantitative estimate of drug-likeness (QED) is 0.327. The number of carbonyl (C=O) groups is 1. The Morgan fingerprint density at radius 1 is 1.47 bits per heavy atom. The van der Waals surface area contributed by atoms with Crippen molar-refractivity contribution in [1.82, 2.24) is 5.43 Å². The fourth-order valence-corrected chi connectivity index (χ4v) is 3.63. The third-order valence-corrected chi connectivity index (χ3v) is 4.99. The van der Waals surface area contributed by atoms with Crippen molar-refractivity contribution in [3.8, 4) is 0 Å². The molecule has 0 aliphatic heterocycles. The van der Waals surface area contributed by atoms with Crippen molar-refractivity contribution >= 4 is 39.3 Å². The summed E-state index contributed by atoms with van der Waals surface area (Å²) in [6.07, 6.45) is 0. The number of nitrogens with one attached hydrogen (secondary N) is 1. The van der Waals surface area contributed by atoms with Gasteiger partial charge in [-0.15, -0.1) is 11.8 Å². The van der Waals surface area contributed by atoms with Gasteiger partial charge >= 0.3 is 0 Å². The van der Waals surface area contributed by atoms with E-state index in [2.05, 4.69) is 0 Å². The zero-order chi connectivity index (χ0) is 14.8. The van der Waals surface area contributed by atoms with Crippen LogP contribution in [0, 0.1) is 6.92 Å². The highest BCUT2D eigenvalue weighted by Gasteiger charge is 2.21. The largest absolute Gasteiger partial charge is 0.293 e. The highest BCUT2D eigenvalue weighted by atomic mass is 35.5. The highest BCUT2D eigenvalue weighted by Crippen LogP contribution is 2.33. The van der Waals surface area contributed by atoms with E-state index in [1.807, 2.05) is 5.43 Å². The average molecular weight is 324 g/mol. The van der Waals surface area contributed by atoms with Gasteiger partial charge in [-0.1, -0.05) is 11.6 Å². The van der Waals surface area contributed by atoms with Gasteiger partial charge in [0.2, 0.25) is 15.9 Å². The van der Waals surface area contributed by atoms with Crippen molar-refractivity contribution < 1.29 is 13.2 Å². The van der Waals surface area contributed by atoms with Crippen molar-refractivity contribution in [2.45, 2.75) is 28.9 Å². The van der Waals surface area contributed by atoms with Gasteiger partial charge in [0.1, 0.15) is 0 Å². The van der Waals surface area contributed by atoms with Crippen LogP contribution in [0.25, 0.3) is 0 Å². The topological polar surface area (TPSA) is 115 Å². The van der Waals surface area contributed by atoms with Crippen LogP contribution < -0.4 is 16.4 Å². The van der Waals surface area contributed by atoms with Crippen LogP contribution in [0.5, 0.6) is 0 Å². The van der Waals surface area contributed by atoms with Crippen LogP contribution in [0.2, 0.25) is 5.02 Å². The number of sulfonamides is 1. The number of hydrogen-bond donors (Lipinski definition) is 3. The first kappa shape index (κ1) is 16.3. The molecule has 0 aromatic heterocycles. The average Bonchev–Trinajstić information content (AvgIpc) is 2.30. The van der Waals surface area contributed by atoms with Crippen molar-refractivity contribution in [1.29, 1.82) is 0 Å². The second-order valence-electron chi connectivity index (χ2n) is 3.86. The Morgan fingerprint density at radius 2 is 2.05 bits per heavy atom. The third-order valence-electron chi connectivity index (χ3n) is 2.35. The summed E-state index contributed by atoms with van der Waals surface area (Å²) in [5.41, 5.74) is 2.58. The molecule has 1 amide bonds. The van der Waals surface area contributed by atoms with Crippen LogP contribution in [0.15, 0.2) is 21.9 Å².